The van der Waals surface area contributed by atoms with Gasteiger partial charge in [0.25, 0.3) is 5.56 Å². The van der Waals surface area contributed by atoms with Crippen LogP contribution in [0.2, 0.25) is 0 Å². The van der Waals surface area contributed by atoms with Crippen molar-refractivity contribution < 1.29 is 0 Å². The van der Waals surface area contributed by atoms with Crippen LogP contribution in [0, 0.1) is 18.3 Å². The van der Waals surface area contributed by atoms with Gasteiger partial charge in [0.2, 0.25) is 0 Å². The Morgan fingerprint density at radius 3 is 2.67 bits per heavy atom. The number of hydrogen-bond acceptors (Lipinski definition) is 4. The van der Waals surface area contributed by atoms with Crippen LogP contribution in [-0.4, -0.2) is 9.55 Å². The van der Waals surface area contributed by atoms with Crippen molar-refractivity contribution in [1.82, 2.24) is 9.55 Å². The van der Waals surface area contributed by atoms with Crippen LogP contribution in [0.15, 0.2) is 64.1 Å². The standard InChI is InChI=1S/C22H15N3OS/c1-15-6-2-5-9-20(15)25-21(24-19-14-27-13-18(19)22(25)26)11-10-16-7-3-4-8-17(16)12-23/h2-11,13-14H,1H3/b11-10+. The maximum Gasteiger partial charge on any atom is 0.267 e. The molecule has 0 radical (unpaired) electrons. The molecule has 0 bridgehead atoms. The minimum absolute atomic E-state index is 0.0937. The first-order valence-electron chi connectivity index (χ1n) is 8.41. The topological polar surface area (TPSA) is 58.7 Å². The van der Waals surface area contributed by atoms with Gasteiger partial charge in [0.05, 0.1) is 28.2 Å². The average Bonchev–Trinajstić information content (AvgIpc) is 3.16. The summed E-state index contributed by atoms with van der Waals surface area (Å²) in [6.45, 7) is 1.97. The molecule has 4 nitrogen and oxygen atoms in total. The molecule has 0 N–H and O–H groups in total. The molecule has 0 unspecified atom stereocenters. The first kappa shape index (κ1) is 17.0. The van der Waals surface area contributed by atoms with E-state index in [2.05, 4.69) is 11.1 Å². The predicted octanol–water partition coefficient (Wildman–Crippen LogP) is 4.80. The second-order valence-corrected chi connectivity index (χ2v) is 6.84. The van der Waals surface area contributed by atoms with Crippen molar-refractivity contribution in [3.63, 3.8) is 0 Å². The highest BCUT2D eigenvalue weighted by Crippen LogP contribution is 2.20. The predicted molar refractivity (Wildman–Crippen MR) is 110 cm³/mol. The number of hydrogen-bond donors (Lipinski definition) is 0. The molecule has 0 fully saturated rings. The summed E-state index contributed by atoms with van der Waals surface area (Å²) < 4.78 is 1.63. The van der Waals surface area contributed by atoms with Gasteiger partial charge in [-0.15, -0.1) is 11.3 Å². The maximum absolute atomic E-state index is 13.1. The molecule has 2 heterocycles. The van der Waals surface area contributed by atoms with Crippen molar-refractivity contribution in [2.45, 2.75) is 6.92 Å². The molecule has 0 aliphatic heterocycles. The zero-order valence-electron chi connectivity index (χ0n) is 14.6. The molecule has 0 saturated carbocycles. The lowest BCUT2D eigenvalue weighted by molar-refractivity contribution is 0.936. The molecule has 0 atom stereocenters. The Labute approximate surface area is 160 Å². The van der Waals surface area contributed by atoms with Crippen molar-refractivity contribution in [3.8, 4) is 11.8 Å². The summed E-state index contributed by atoms with van der Waals surface area (Å²) >= 11 is 1.46. The van der Waals surface area contributed by atoms with Crippen molar-refractivity contribution in [2.75, 3.05) is 0 Å². The van der Waals surface area contributed by atoms with Crippen molar-refractivity contribution in [2.24, 2.45) is 0 Å². The van der Waals surface area contributed by atoms with Gasteiger partial charge in [-0.05, 0) is 42.3 Å². The minimum atomic E-state index is -0.0937. The summed E-state index contributed by atoms with van der Waals surface area (Å²) in [4.78, 5) is 17.8. The van der Waals surface area contributed by atoms with Crippen LogP contribution in [0.5, 0.6) is 0 Å². The van der Waals surface area contributed by atoms with Crippen LogP contribution in [-0.2, 0) is 0 Å². The monoisotopic (exact) mass is 369 g/mol. The maximum atomic E-state index is 13.1. The van der Waals surface area contributed by atoms with E-state index in [1.54, 1.807) is 16.7 Å². The molecule has 0 spiro atoms. The number of aryl methyl sites for hydroxylation is 1. The molecule has 2 aromatic heterocycles. The van der Waals surface area contributed by atoms with E-state index in [0.717, 1.165) is 16.8 Å². The van der Waals surface area contributed by atoms with E-state index >= 15 is 0 Å². The number of fused-ring (bicyclic) bond motifs is 1. The highest BCUT2D eigenvalue weighted by Gasteiger charge is 2.13. The SMILES string of the molecule is Cc1ccccc1-n1c(/C=C/c2ccccc2C#N)nc2cscc2c1=O. The Morgan fingerprint density at radius 2 is 1.85 bits per heavy atom. The molecule has 4 aromatic rings. The Kier molecular flexibility index (Phi) is 4.41. The van der Waals surface area contributed by atoms with Gasteiger partial charge in [-0.3, -0.25) is 9.36 Å². The second-order valence-electron chi connectivity index (χ2n) is 6.10. The first-order valence-corrected chi connectivity index (χ1v) is 9.35. The van der Waals surface area contributed by atoms with Crippen LogP contribution in [0.3, 0.4) is 0 Å². The third kappa shape index (κ3) is 3.07. The summed E-state index contributed by atoms with van der Waals surface area (Å²) in [5.74, 6) is 0.535. The number of aromatic nitrogens is 2. The lowest BCUT2D eigenvalue weighted by Crippen LogP contribution is -2.22. The van der Waals surface area contributed by atoms with Crippen LogP contribution < -0.4 is 5.56 Å². The molecule has 0 aliphatic carbocycles. The fourth-order valence-electron chi connectivity index (χ4n) is 3.00. The third-order valence-electron chi connectivity index (χ3n) is 4.39. The number of para-hydroxylation sites is 1. The van der Waals surface area contributed by atoms with Crippen molar-refractivity contribution >= 4 is 34.4 Å². The van der Waals surface area contributed by atoms with Gasteiger partial charge in [0, 0.05) is 10.8 Å². The van der Waals surface area contributed by atoms with Gasteiger partial charge in [0.1, 0.15) is 5.82 Å². The summed E-state index contributed by atoms with van der Waals surface area (Å²) in [5.41, 5.74) is 3.75. The summed E-state index contributed by atoms with van der Waals surface area (Å²) in [6.07, 6.45) is 3.62. The van der Waals surface area contributed by atoms with Gasteiger partial charge in [-0.2, -0.15) is 5.26 Å². The third-order valence-corrected chi connectivity index (χ3v) is 5.12. The molecule has 2 aromatic carbocycles. The van der Waals surface area contributed by atoms with E-state index < -0.39 is 0 Å². The minimum Gasteiger partial charge on any atom is -0.268 e. The Balaban J connectivity index is 1.96. The molecular formula is C22H15N3OS. The molecule has 27 heavy (non-hydrogen) atoms. The van der Waals surface area contributed by atoms with E-state index in [9.17, 15) is 10.1 Å². The Morgan fingerprint density at radius 1 is 1.07 bits per heavy atom. The zero-order valence-corrected chi connectivity index (χ0v) is 15.4. The molecule has 0 saturated heterocycles. The molecule has 4 rings (SSSR count). The lowest BCUT2D eigenvalue weighted by Gasteiger charge is -2.12. The van der Waals surface area contributed by atoms with E-state index in [1.807, 2.05) is 66.2 Å². The molecule has 0 amide bonds. The van der Waals surface area contributed by atoms with Crippen molar-refractivity contribution in [3.05, 3.63) is 92.2 Å². The van der Waals surface area contributed by atoms with Crippen molar-refractivity contribution in [1.29, 1.82) is 5.26 Å². The van der Waals surface area contributed by atoms with Crippen LogP contribution >= 0.6 is 11.3 Å². The highest BCUT2D eigenvalue weighted by molar-refractivity contribution is 7.09. The zero-order chi connectivity index (χ0) is 18.8. The highest BCUT2D eigenvalue weighted by atomic mass is 32.1. The van der Waals surface area contributed by atoms with Gasteiger partial charge in [-0.1, -0.05) is 36.4 Å². The molecule has 0 aliphatic rings. The summed E-state index contributed by atoms with van der Waals surface area (Å²) in [5, 5.41) is 13.6. The van der Waals surface area contributed by atoms with Gasteiger partial charge >= 0.3 is 0 Å². The van der Waals surface area contributed by atoms with E-state index in [0.29, 0.717) is 22.3 Å². The van der Waals surface area contributed by atoms with Gasteiger partial charge < -0.3 is 0 Å². The molecule has 5 heteroatoms. The van der Waals surface area contributed by atoms with E-state index in [1.165, 1.54) is 11.3 Å². The molecule has 130 valence electrons. The number of benzene rings is 2. The quantitative estimate of drug-likeness (QED) is 0.521. The number of thiophene rings is 1. The number of nitriles is 1. The number of rotatable bonds is 3. The summed E-state index contributed by atoms with van der Waals surface area (Å²) in [6, 6.07) is 17.3. The van der Waals surface area contributed by atoms with Gasteiger partial charge in [-0.25, -0.2) is 4.98 Å². The Bertz CT molecular complexity index is 1270. The van der Waals surface area contributed by atoms with E-state index in [4.69, 9.17) is 0 Å². The van der Waals surface area contributed by atoms with Crippen LogP contribution in [0.1, 0.15) is 22.5 Å². The van der Waals surface area contributed by atoms with Gasteiger partial charge in [0.15, 0.2) is 0 Å². The molecular weight excluding hydrogens is 354 g/mol. The smallest absolute Gasteiger partial charge is 0.267 e. The van der Waals surface area contributed by atoms with E-state index in [-0.39, 0.29) is 5.56 Å². The fraction of sp³-hybridized carbons (Fsp3) is 0.0455. The fourth-order valence-corrected chi connectivity index (χ4v) is 3.74. The second kappa shape index (κ2) is 7.02. The Hall–Kier alpha value is -3.49. The lowest BCUT2D eigenvalue weighted by atomic mass is 10.1. The largest absolute Gasteiger partial charge is 0.268 e. The first-order chi connectivity index (χ1) is 13.2. The normalized spacial score (nSPS) is 11.1. The average molecular weight is 369 g/mol. The number of nitrogens with zero attached hydrogens (tertiary/aromatic N) is 3. The van der Waals surface area contributed by atoms with Crippen LogP contribution in [0.4, 0.5) is 0 Å². The summed E-state index contributed by atoms with van der Waals surface area (Å²) in [7, 11) is 0. The van der Waals surface area contributed by atoms with Crippen LogP contribution in [0.25, 0.3) is 28.7 Å².